The second-order valence-corrected chi connectivity index (χ2v) is 7.08. The Kier molecular flexibility index (Phi) is 4.86. The standard InChI is InChI=1S/C21H21N5O3/c1-12(27)26-21(13-4-6-14(28-2)7-5-13)18-11-19(23-25-22)16-9-8-15(29-3)10-17(16)20(18)24-26/h4-10,18-19,21H,11H2,1-3H3/t18-,19-,21-/m1/s1. The highest BCUT2D eigenvalue weighted by Crippen LogP contribution is 2.48. The summed E-state index contributed by atoms with van der Waals surface area (Å²) in [5, 5.41) is 10.3. The lowest BCUT2D eigenvalue weighted by molar-refractivity contribution is -0.131. The largest absolute Gasteiger partial charge is 0.497 e. The molecule has 29 heavy (non-hydrogen) atoms. The normalized spacial score (nSPS) is 22.1. The molecule has 0 saturated carbocycles. The van der Waals surface area contributed by atoms with Crippen LogP contribution in [0.15, 0.2) is 52.7 Å². The average molecular weight is 391 g/mol. The number of benzene rings is 2. The second-order valence-electron chi connectivity index (χ2n) is 7.08. The van der Waals surface area contributed by atoms with E-state index >= 15 is 0 Å². The van der Waals surface area contributed by atoms with Gasteiger partial charge in [-0.05, 0) is 47.3 Å². The van der Waals surface area contributed by atoms with Crippen molar-refractivity contribution < 1.29 is 14.3 Å². The van der Waals surface area contributed by atoms with Gasteiger partial charge in [0.25, 0.3) is 0 Å². The topological polar surface area (TPSA) is 99.9 Å². The van der Waals surface area contributed by atoms with E-state index in [1.54, 1.807) is 14.2 Å². The summed E-state index contributed by atoms with van der Waals surface area (Å²) in [6, 6.07) is 12.7. The van der Waals surface area contributed by atoms with Gasteiger partial charge < -0.3 is 9.47 Å². The van der Waals surface area contributed by atoms with Crippen molar-refractivity contribution in [2.24, 2.45) is 16.1 Å². The van der Waals surface area contributed by atoms with Crippen LogP contribution in [0.2, 0.25) is 0 Å². The van der Waals surface area contributed by atoms with Crippen molar-refractivity contribution in [2.45, 2.75) is 25.4 Å². The lowest BCUT2D eigenvalue weighted by atomic mass is 9.75. The molecule has 0 fully saturated rings. The molecule has 1 aliphatic carbocycles. The first kappa shape index (κ1) is 18.8. The third-order valence-electron chi connectivity index (χ3n) is 5.55. The Bertz CT molecular complexity index is 1030. The molecule has 4 rings (SSSR count). The molecule has 0 unspecified atom stereocenters. The van der Waals surface area contributed by atoms with Crippen molar-refractivity contribution in [3.8, 4) is 11.5 Å². The number of carbonyl (C=O) groups is 1. The van der Waals surface area contributed by atoms with E-state index in [1.807, 2.05) is 42.5 Å². The third-order valence-corrected chi connectivity index (χ3v) is 5.55. The molecule has 1 amide bonds. The Balaban J connectivity index is 1.84. The molecule has 3 atom stereocenters. The van der Waals surface area contributed by atoms with Crippen LogP contribution in [-0.4, -0.2) is 30.8 Å². The number of carbonyl (C=O) groups excluding carboxylic acids is 1. The van der Waals surface area contributed by atoms with Gasteiger partial charge in [0.1, 0.15) is 11.5 Å². The number of amides is 1. The lowest BCUT2D eigenvalue weighted by Crippen LogP contribution is -2.32. The van der Waals surface area contributed by atoms with E-state index in [1.165, 1.54) is 11.9 Å². The van der Waals surface area contributed by atoms with Crippen LogP contribution in [0.5, 0.6) is 11.5 Å². The van der Waals surface area contributed by atoms with Crippen LogP contribution in [0.1, 0.15) is 42.1 Å². The second kappa shape index (κ2) is 7.48. The molecule has 8 heteroatoms. The van der Waals surface area contributed by atoms with Crippen LogP contribution in [0.25, 0.3) is 10.4 Å². The number of fused-ring (bicyclic) bond motifs is 3. The number of nitrogens with zero attached hydrogens (tertiary/aromatic N) is 5. The highest BCUT2D eigenvalue weighted by atomic mass is 16.5. The van der Waals surface area contributed by atoms with Crippen LogP contribution in [0.4, 0.5) is 0 Å². The summed E-state index contributed by atoms with van der Waals surface area (Å²) in [6.07, 6.45) is 0.572. The van der Waals surface area contributed by atoms with Gasteiger partial charge in [0.15, 0.2) is 0 Å². The van der Waals surface area contributed by atoms with Crippen LogP contribution >= 0.6 is 0 Å². The zero-order valence-electron chi connectivity index (χ0n) is 16.4. The van der Waals surface area contributed by atoms with Crippen molar-refractivity contribution in [2.75, 3.05) is 14.2 Å². The van der Waals surface area contributed by atoms with Gasteiger partial charge in [-0.25, -0.2) is 5.01 Å². The number of hydrogen-bond acceptors (Lipinski definition) is 5. The Morgan fingerprint density at radius 2 is 1.86 bits per heavy atom. The summed E-state index contributed by atoms with van der Waals surface area (Å²) in [5.41, 5.74) is 12.6. The molecule has 148 valence electrons. The highest BCUT2D eigenvalue weighted by Gasteiger charge is 2.45. The first-order valence-corrected chi connectivity index (χ1v) is 9.32. The van der Waals surface area contributed by atoms with Gasteiger partial charge in [-0.1, -0.05) is 23.3 Å². The average Bonchev–Trinajstić information content (AvgIpc) is 3.13. The number of azide groups is 1. The number of rotatable bonds is 4. The summed E-state index contributed by atoms with van der Waals surface area (Å²) in [7, 11) is 3.22. The van der Waals surface area contributed by atoms with Crippen molar-refractivity contribution in [1.29, 1.82) is 0 Å². The van der Waals surface area contributed by atoms with E-state index < -0.39 is 0 Å². The van der Waals surface area contributed by atoms with E-state index in [-0.39, 0.29) is 23.9 Å². The van der Waals surface area contributed by atoms with Crippen LogP contribution < -0.4 is 9.47 Å². The molecule has 0 spiro atoms. The third kappa shape index (κ3) is 3.17. The summed E-state index contributed by atoms with van der Waals surface area (Å²) >= 11 is 0. The number of hydrazone groups is 1. The molecule has 2 aliphatic rings. The van der Waals surface area contributed by atoms with Gasteiger partial charge in [-0.15, -0.1) is 0 Å². The molecule has 2 aromatic carbocycles. The number of methoxy groups -OCH3 is 2. The van der Waals surface area contributed by atoms with Gasteiger partial charge in [0, 0.05) is 23.3 Å². The SMILES string of the molecule is COc1ccc([C@@H]2[C@@H]3C[C@@H](N=[N+]=[N-])c4ccc(OC)cc4C3=NN2C(C)=O)cc1. The van der Waals surface area contributed by atoms with Crippen molar-refractivity contribution in [1.82, 2.24) is 5.01 Å². The zero-order chi connectivity index (χ0) is 20.5. The maximum atomic E-state index is 12.4. The molecular weight excluding hydrogens is 370 g/mol. The van der Waals surface area contributed by atoms with E-state index in [0.717, 1.165) is 28.2 Å². The monoisotopic (exact) mass is 391 g/mol. The van der Waals surface area contributed by atoms with Crippen LogP contribution in [0.3, 0.4) is 0 Å². The van der Waals surface area contributed by atoms with E-state index in [9.17, 15) is 4.79 Å². The number of ether oxygens (including phenoxy) is 2. The molecular formula is C21H21N5O3. The highest BCUT2D eigenvalue weighted by molar-refractivity contribution is 6.07. The Morgan fingerprint density at radius 3 is 2.48 bits per heavy atom. The predicted octanol–water partition coefficient (Wildman–Crippen LogP) is 4.38. The smallest absolute Gasteiger partial charge is 0.240 e. The van der Waals surface area contributed by atoms with E-state index in [2.05, 4.69) is 10.0 Å². The zero-order valence-corrected chi connectivity index (χ0v) is 16.4. The fourth-order valence-corrected chi connectivity index (χ4v) is 4.22. The molecule has 2 aromatic rings. The summed E-state index contributed by atoms with van der Waals surface area (Å²) in [6.45, 7) is 1.51. The summed E-state index contributed by atoms with van der Waals surface area (Å²) < 4.78 is 10.6. The van der Waals surface area contributed by atoms with Crippen molar-refractivity contribution >= 4 is 11.6 Å². The quantitative estimate of drug-likeness (QED) is 0.439. The first-order chi connectivity index (χ1) is 14.1. The van der Waals surface area contributed by atoms with Gasteiger partial charge in [0.2, 0.25) is 5.91 Å². The molecule has 0 aromatic heterocycles. The minimum atomic E-state index is -0.336. The molecule has 1 aliphatic heterocycles. The minimum Gasteiger partial charge on any atom is -0.497 e. The minimum absolute atomic E-state index is 0.0950. The summed E-state index contributed by atoms with van der Waals surface area (Å²) in [5.74, 6) is 1.20. The van der Waals surface area contributed by atoms with Gasteiger partial charge in [-0.2, -0.15) is 5.10 Å². The maximum Gasteiger partial charge on any atom is 0.240 e. The Labute approximate surface area is 168 Å². The number of hydrogen-bond donors (Lipinski definition) is 0. The molecule has 8 nitrogen and oxygen atoms in total. The van der Waals surface area contributed by atoms with Gasteiger partial charge in [0.05, 0.1) is 32.0 Å². The van der Waals surface area contributed by atoms with Crippen molar-refractivity contribution in [3.63, 3.8) is 0 Å². The molecule has 0 N–H and O–H groups in total. The van der Waals surface area contributed by atoms with Gasteiger partial charge in [-0.3, -0.25) is 4.79 Å². The molecule has 1 heterocycles. The fourth-order valence-electron chi connectivity index (χ4n) is 4.22. The fraction of sp³-hybridized carbons (Fsp3) is 0.333. The van der Waals surface area contributed by atoms with Gasteiger partial charge >= 0.3 is 0 Å². The summed E-state index contributed by atoms with van der Waals surface area (Å²) in [4.78, 5) is 15.5. The first-order valence-electron chi connectivity index (χ1n) is 9.32. The van der Waals surface area contributed by atoms with Crippen LogP contribution in [-0.2, 0) is 4.79 Å². The maximum absolute atomic E-state index is 12.4. The molecule has 0 radical (unpaired) electrons. The lowest BCUT2D eigenvalue weighted by Gasteiger charge is -2.32. The molecule has 0 saturated heterocycles. The van der Waals surface area contributed by atoms with Crippen LogP contribution in [0, 0.1) is 5.92 Å². The Morgan fingerprint density at radius 1 is 1.17 bits per heavy atom. The Hall–Kier alpha value is -3.51. The predicted molar refractivity (Wildman–Crippen MR) is 108 cm³/mol. The molecule has 0 bridgehead atoms. The van der Waals surface area contributed by atoms with E-state index in [0.29, 0.717) is 12.2 Å². The van der Waals surface area contributed by atoms with E-state index in [4.69, 9.17) is 20.1 Å². The van der Waals surface area contributed by atoms with Crippen molar-refractivity contribution in [3.05, 3.63) is 69.6 Å².